The Balaban J connectivity index is 1.64. The number of nitrogens with zero attached hydrogens (tertiary/aromatic N) is 1. The summed E-state index contributed by atoms with van der Waals surface area (Å²) in [6, 6.07) is 27.3. The lowest BCUT2D eigenvalue weighted by Crippen LogP contribution is -2.11. The van der Waals surface area contributed by atoms with Gasteiger partial charge in [0.05, 0.1) is 5.56 Å². The predicted molar refractivity (Wildman–Crippen MR) is 147 cm³/mol. The number of hydrogen-bond donors (Lipinski definition) is 2. The second kappa shape index (κ2) is 9.82. The van der Waals surface area contributed by atoms with Crippen molar-refractivity contribution in [2.75, 3.05) is 0 Å². The van der Waals surface area contributed by atoms with Crippen molar-refractivity contribution in [2.24, 2.45) is 0 Å². The van der Waals surface area contributed by atoms with E-state index in [1.54, 1.807) is 48.5 Å². The molecule has 6 heteroatoms. The van der Waals surface area contributed by atoms with Crippen LogP contribution in [0.5, 0.6) is 0 Å². The molecular weight excluding hydrogens is 478 g/mol. The van der Waals surface area contributed by atoms with Crippen molar-refractivity contribution in [1.29, 1.82) is 0 Å². The van der Waals surface area contributed by atoms with Crippen LogP contribution in [-0.2, 0) is 6.54 Å². The van der Waals surface area contributed by atoms with E-state index in [0.29, 0.717) is 17.7 Å². The number of fused-ring (bicyclic) bond motifs is 1. The number of aryl methyl sites for hydroxylation is 1. The van der Waals surface area contributed by atoms with Gasteiger partial charge in [0.15, 0.2) is 5.78 Å². The summed E-state index contributed by atoms with van der Waals surface area (Å²) in [5, 5.41) is 20.4. The number of carbonyl (C=O) groups is 3. The number of carboxylic acids is 2. The SMILES string of the molecule is CC(=O)c1ccc(-c2c(C(=O)O)n(Cc3cc(-c4ccc(C(=O)O)cc4)ccc3C)c3ccccc23)cc1. The van der Waals surface area contributed by atoms with Crippen molar-refractivity contribution in [1.82, 2.24) is 4.57 Å². The summed E-state index contributed by atoms with van der Waals surface area (Å²) in [5.41, 5.74) is 6.85. The number of Topliss-reactive ketones (excluding diaryl/α,β-unsaturated/α-hetero) is 1. The normalized spacial score (nSPS) is 11.0. The van der Waals surface area contributed by atoms with Crippen LogP contribution in [-0.4, -0.2) is 32.5 Å². The molecule has 6 nitrogen and oxygen atoms in total. The summed E-state index contributed by atoms with van der Waals surface area (Å²) in [5.74, 6) is -2.07. The number of aromatic nitrogens is 1. The van der Waals surface area contributed by atoms with E-state index in [2.05, 4.69) is 0 Å². The lowest BCUT2D eigenvalue weighted by Gasteiger charge is -2.14. The van der Waals surface area contributed by atoms with E-state index >= 15 is 0 Å². The Morgan fingerprint density at radius 3 is 1.95 bits per heavy atom. The van der Waals surface area contributed by atoms with Crippen molar-refractivity contribution >= 4 is 28.6 Å². The number of hydrogen-bond acceptors (Lipinski definition) is 3. The van der Waals surface area contributed by atoms with E-state index in [4.69, 9.17) is 0 Å². The Morgan fingerprint density at radius 1 is 0.711 bits per heavy atom. The fourth-order valence-corrected chi connectivity index (χ4v) is 4.85. The second-order valence-corrected chi connectivity index (χ2v) is 9.29. The Kier molecular flexibility index (Phi) is 6.39. The van der Waals surface area contributed by atoms with Crippen molar-refractivity contribution < 1.29 is 24.6 Å². The maximum atomic E-state index is 12.7. The summed E-state index contributed by atoms with van der Waals surface area (Å²) < 4.78 is 1.82. The molecule has 1 aromatic heterocycles. The van der Waals surface area contributed by atoms with Crippen molar-refractivity contribution in [3.8, 4) is 22.3 Å². The third-order valence-corrected chi connectivity index (χ3v) is 6.90. The average molecular weight is 504 g/mol. The van der Waals surface area contributed by atoms with Gasteiger partial charge in [0.25, 0.3) is 0 Å². The van der Waals surface area contributed by atoms with Gasteiger partial charge >= 0.3 is 11.9 Å². The standard InChI is InChI=1S/C32H25NO5/c1-19-7-8-25(22-11-15-24(16-12-22)31(35)36)17-26(19)18-33-28-6-4-3-5-27(28)29(30(33)32(37)38)23-13-9-21(10-14-23)20(2)34/h3-17H,18H2,1-2H3,(H,35,36)(H,37,38). The van der Waals surface area contributed by atoms with Gasteiger partial charge in [-0.25, -0.2) is 9.59 Å². The van der Waals surface area contributed by atoms with Crippen LogP contribution in [0.4, 0.5) is 0 Å². The van der Waals surface area contributed by atoms with E-state index < -0.39 is 11.9 Å². The third kappa shape index (κ3) is 4.48. The molecule has 0 aliphatic rings. The van der Waals surface area contributed by atoms with Crippen LogP contribution >= 0.6 is 0 Å². The van der Waals surface area contributed by atoms with Crippen LogP contribution in [0.1, 0.15) is 49.3 Å². The third-order valence-electron chi connectivity index (χ3n) is 6.90. The van der Waals surface area contributed by atoms with Gasteiger partial charge in [-0.15, -0.1) is 0 Å². The lowest BCUT2D eigenvalue weighted by atomic mass is 9.98. The molecule has 0 saturated carbocycles. The zero-order valence-electron chi connectivity index (χ0n) is 20.9. The molecular formula is C32H25NO5. The molecule has 0 radical (unpaired) electrons. The van der Waals surface area contributed by atoms with Crippen LogP contribution < -0.4 is 0 Å². The zero-order valence-corrected chi connectivity index (χ0v) is 20.9. The maximum absolute atomic E-state index is 12.7. The smallest absolute Gasteiger partial charge is 0.353 e. The topological polar surface area (TPSA) is 96.6 Å². The van der Waals surface area contributed by atoms with E-state index in [-0.39, 0.29) is 17.0 Å². The number of rotatable bonds is 7. The molecule has 0 aliphatic carbocycles. The molecule has 5 aromatic rings. The van der Waals surface area contributed by atoms with Gasteiger partial charge in [-0.3, -0.25) is 4.79 Å². The molecule has 188 valence electrons. The lowest BCUT2D eigenvalue weighted by molar-refractivity contribution is 0.0680. The van der Waals surface area contributed by atoms with Crippen molar-refractivity contribution in [3.05, 3.63) is 119 Å². The molecule has 0 spiro atoms. The molecule has 0 atom stereocenters. The van der Waals surface area contributed by atoms with Crippen LogP contribution in [0.2, 0.25) is 0 Å². The highest BCUT2D eigenvalue weighted by Gasteiger charge is 2.24. The Morgan fingerprint density at radius 2 is 1.32 bits per heavy atom. The molecule has 0 saturated heterocycles. The van der Waals surface area contributed by atoms with Gasteiger partial charge < -0.3 is 14.8 Å². The summed E-state index contributed by atoms with van der Waals surface area (Å²) >= 11 is 0. The number of carboxylic acid groups (broad SMARTS) is 2. The van der Waals surface area contributed by atoms with Crippen LogP contribution in [0.25, 0.3) is 33.2 Å². The summed E-state index contributed by atoms with van der Waals surface area (Å²) in [6.07, 6.45) is 0. The van der Waals surface area contributed by atoms with E-state index in [0.717, 1.165) is 38.7 Å². The molecule has 0 aliphatic heterocycles. The van der Waals surface area contributed by atoms with E-state index in [1.807, 2.05) is 54.0 Å². The first-order chi connectivity index (χ1) is 18.2. The molecule has 5 rings (SSSR count). The van der Waals surface area contributed by atoms with E-state index in [9.17, 15) is 24.6 Å². The van der Waals surface area contributed by atoms with Crippen molar-refractivity contribution in [2.45, 2.75) is 20.4 Å². The Labute approximate surface area is 219 Å². The molecule has 0 unspecified atom stereocenters. The molecule has 0 bridgehead atoms. The van der Waals surface area contributed by atoms with Gasteiger partial charge in [0.2, 0.25) is 0 Å². The van der Waals surface area contributed by atoms with Crippen LogP contribution in [0, 0.1) is 6.92 Å². The van der Waals surface area contributed by atoms with Gasteiger partial charge in [-0.05, 0) is 65.9 Å². The molecule has 2 N–H and O–H groups in total. The second-order valence-electron chi connectivity index (χ2n) is 9.29. The first-order valence-corrected chi connectivity index (χ1v) is 12.1. The number of ketones is 1. The minimum Gasteiger partial charge on any atom is -0.478 e. The summed E-state index contributed by atoms with van der Waals surface area (Å²) in [7, 11) is 0. The summed E-state index contributed by atoms with van der Waals surface area (Å²) in [6.45, 7) is 3.82. The Hall–Kier alpha value is -4.97. The first kappa shape index (κ1) is 24.7. The van der Waals surface area contributed by atoms with Crippen molar-refractivity contribution in [3.63, 3.8) is 0 Å². The number of para-hydroxylation sites is 1. The largest absolute Gasteiger partial charge is 0.478 e. The van der Waals surface area contributed by atoms with Crippen LogP contribution in [0.3, 0.4) is 0 Å². The highest BCUT2D eigenvalue weighted by molar-refractivity contribution is 6.08. The number of benzene rings is 4. The Bertz CT molecular complexity index is 1710. The fourth-order valence-electron chi connectivity index (χ4n) is 4.85. The number of carbonyl (C=O) groups excluding carboxylic acids is 1. The molecule has 38 heavy (non-hydrogen) atoms. The minimum absolute atomic E-state index is 0.0506. The van der Waals surface area contributed by atoms with Crippen LogP contribution in [0.15, 0.2) is 91.0 Å². The predicted octanol–water partition coefficient (Wildman–Crippen LogP) is 6.93. The monoisotopic (exact) mass is 503 g/mol. The molecule has 0 fully saturated rings. The number of aromatic carboxylic acids is 2. The summed E-state index contributed by atoms with van der Waals surface area (Å²) in [4.78, 5) is 35.7. The molecule has 4 aromatic carbocycles. The molecule has 1 heterocycles. The van der Waals surface area contributed by atoms with Gasteiger partial charge in [-0.1, -0.05) is 66.7 Å². The quantitative estimate of drug-likeness (QED) is 0.235. The van der Waals surface area contributed by atoms with Gasteiger partial charge in [-0.2, -0.15) is 0 Å². The first-order valence-electron chi connectivity index (χ1n) is 12.1. The maximum Gasteiger partial charge on any atom is 0.353 e. The minimum atomic E-state index is -1.04. The molecule has 0 amide bonds. The van der Waals surface area contributed by atoms with Gasteiger partial charge in [0, 0.05) is 28.6 Å². The average Bonchev–Trinajstić information content (AvgIpc) is 3.24. The fraction of sp³-hybridized carbons (Fsp3) is 0.0938. The zero-order chi connectivity index (χ0) is 27.0. The van der Waals surface area contributed by atoms with Gasteiger partial charge in [0.1, 0.15) is 5.69 Å². The highest BCUT2D eigenvalue weighted by Crippen LogP contribution is 2.36. The van der Waals surface area contributed by atoms with E-state index in [1.165, 1.54) is 6.92 Å². The highest BCUT2D eigenvalue weighted by atomic mass is 16.4.